The van der Waals surface area contributed by atoms with Crippen LogP contribution in [0.1, 0.15) is 5.56 Å². The molecule has 6 heteroatoms. The molecule has 0 aromatic carbocycles. The minimum atomic E-state index is -4.35. The third-order valence-electron chi connectivity index (χ3n) is 1.62. The molecule has 0 aliphatic heterocycles. The molecule has 1 rings (SSSR count). The molecule has 1 aromatic heterocycles. The summed E-state index contributed by atoms with van der Waals surface area (Å²) in [6, 6.07) is 0.955. The Labute approximate surface area is 84.6 Å². The van der Waals surface area contributed by atoms with Crippen molar-refractivity contribution in [3.8, 4) is 0 Å². The van der Waals surface area contributed by atoms with E-state index < -0.39 is 26.4 Å². The molecule has 1 aromatic rings. The zero-order chi connectivity index (χ0) is 10.9. The molecule has 0 fully saturated rings. The first-order valence-electron chi connectivity index (χ1n) is 3.82. The molecular formula is C8H10AsF3N2. The van der Waals surface area contributed by atoms with Crippen molar-refractivity contribution in [2.24, 2.45) is 0 Å². The van der Waals surface area contributed by atoms with Gasteiger partial charge in [-0.2, -0.15) is 0 Å². The average molecular weight is 266 g/mol. The van der Waals surface area contributed by atoms with Gasteiger partial charge >= 0.3 is 84.1 Å². The summed E-state index contributed by atoms with van der Waals surface area (Å²) in [7, 11) is 0. The van der Waals surface area contributed by atoms with Crippen molar-refractivity contribution in [1.82, 2.24) is 4.98 Å². The van der Waals surface area contributed by atoms with Gasteiger partial charge in [-0.25, -0.2) is 0 Å². The molecule has 78 valence electrons. The standard InChI is InChI=1S/C8H10AsF3N2/c1-9(2)7-6(8(10,11)12)3-5(13)4-14-7/h3-4H,13H2,1-2H3. The van der Waals surface area contributed by atoms with Crippen molar-refractivity contribution >= 4 is 24.8 Å². The van der Waals surface area contributed by atoms with Gasteiger partial charge in [-0.05, 0) is 0 Å². The van der Waals surface area contributed by atoms with E-state index in [-0.39, 0.29) is 10.2 Å². The molecule has 0 bridgehead atoms. The third kappa shape index (κ3) is 2.41. The first-order chi connectivity index (χ1) is 6.32. The van der Waals surface area contributed by atoms with E-state index in [0.717, 1.165) is 6.07 Å². The van der Waals surface area contributed by atoms with Gasteiger partial charge in [0, 0.05) is 0 Å². The Kier molecular flexibility index (Phi) is 3.10. The molecule has 0 aliphatic rings. The van der Waals surface area contributed by atoms with Crippen molar-refractivity contribution in [2.45, 2.75) is 17.6 Å². The summed E-state index contributed by atoms with van der Waals surface area (Å²) in [5.74, 6) is 0. The van der Waals surface area contributed by atoms with E-state index in [0.29, 0.717) is 0 Å². The predicted molar refractivity (Wildman–Crippen MR) is 50.8 cm³/mol. The van der Waals surface area contributed by atoms with Crippen LogP contribution in [0.15, 0.2) is 12.3 Å². The predicted octanol–water partition coefficient (Wildman–Crippen LogP) is 1.64. The van der Waals surface area contributed by atoms with Crippen molar-refractivity contribution in [3.05, 3.63) is 17.8 Å². The number of hydrogen-bond acceptors (Lipinski definition) is 2. The second-order valence-electron chi connectivity index (χ2n) is 3.03. The summed E-state index contributed by atoms with van der Waals surface area (Å²) in [5.41, 5.74) is 8.27. The van der Waals surface area contributed by atoms with Gasteiger partial charge in [-0.1, -0.05) is 0 Å². The third-order valence-corrected chi connectivity index (χ3v) is 4.14. The monoisotopic (exact) mass is 266 g/mol. The number of nitrogens with zero attached hydrogens (tertiary/aromatic N) is 1. The Morgan fingerprint density at radius 1 is 1.36 bits per heavy atom. The quantitative estimate of drug-likeness (QED) is 0.785. The molecule has 0 atom stereocenters. The first kappa shape index (κ1) is 11.4. The van der Waals surface area contributed by atoms with Crippen LogP contribution in [0.4, 0.5) is 18.9 Å². The van der Waals surface area contributed by atoms with E-state index in [1.807, 2.05) is 0 Å². The van der Waals surface area contributed by atoms with E-state index >= 15 is 0 Å². The molecule has 0 aliphatic carbocycles. The summed E-state index contributed by atoms with van der Waals surface area (Å²) in [5, 5.41) is 0. The van der Waals surface area contributed by atoms with Gasteiger partial charge in [0.1, 0.15) is 0 Å². The maximum atomic E-state index is 12.5. The number of rotatable bonds is 1. The summed E-state index contributed by atoms with van der Waals surface area (Å²) < 4.78 is 37.7. The normalized spacial score (nSPS) is 12.1. The molecule has 0 spiro atoms. The van der Waals surface area contributed by atoms with Crippen molar-refractivity contribution in [1.29, 1.82) is 0 Å². The topological polar surface area (TPSA) is 38.9 Å². The van der Waals surface area contributed by atoms with Crippen molar-refractivity contribution in [2.75, 3.05) is 5.73 Å². The number of aromatic nitrogens is 1. The van der Waals surface area contributed by atoms with Crippen LogP contribution in [0.3, 0.4) is 0 Å². The SMILES string of the molecule is C[As](C)c1ncc(N)cc1C(F)(F)F. The summed E-state index contributed by atoms with van der Waals surface area (Å²) in [6.45, 7) is 0. The molecular weight excluding hydrogens is 256 g/mol. The fourth-order valence-corrected chi connectivity index (χ4v) is 3.06. The Hall–Kier alpha value is -0.702. The van der Waals surface area contributed by atoms with E-state index in [4.69, 9.17) is 5.73 Å². The van der Waals surface area contributed by atoms with Crippen LogP contribution in [-0.4, -0.2) is 19.6 Å². The first-order valence-corrected chi connectivity index (χ1v) is 8.51. The van der Waals surface area contributed by atoms with Gasteiger partial charge in [0.25, 0.3) is 0 Å². The molecule has 0 radical (unpaired) electrons. The van der Waals surface area contributed by atoms with Crippen LogP contribution < -0.4 is 10.2 Å². The molecule has 14 heavy (non-hydrogen) atoms. The second kappa shape index (κ2) is 3.81. The Bertz CT molecular complexity index is 336. The van der Waals surface area contributed by atoms with Crippen LogP contribution in [0.25, 0.3) is 0 Å². The van der Waals surface area contributed by atoms with Crippen LogP contribution in [0.5, 0.6) is 0 Å². The van der Waals surface area contributed by atoms with Crippen LogP contribution in [-0.2, 0) is 6.18 Å². The number of hydrogen-bond donors (Lipinski definition) is 1. The van der Waals surface area contributed by atoms with Gasteiger partial charge in [-0.15, -0.1) is 0 Å². The van der Waals surface area contributed by atoms with Crippen molar-refractivity contribution < 1.29 is 13.2 Å². The van der Waals surface area contributed by atoms with Gasteiger partial charge in [-0.3, -0.25) is 0 Å². The zero-order valence-electron chi connectivity index (χ0n) is 7.76. The summed E-state index contributed by atoms with van der Waals surface area (Å²) in [6.07, 6.45) is -3.07. The number of alkyl halides is 3. The van der Waals surface area contributed by atoms with E-state index in [1.165, 1.54) is 6.20 Å². The number of anilines is 1. The number of halogens is 3. The van der Waals surface area contributed by atoms with Crippen LogP contribution in [0.2, 0.25) is 11.4 Å². The molecule has 0 saturated heterocycles. The molecule has 1 heterocycles. The Balaban J connectivity index is 3.30. The van der Waals surface area contributed by atoms with Gasteiger partial charge in [0.15, 0.2) is 0 Å². The van der Waals surface area contributed by atoms with Crippen LogP contribution >= 0.6 is 0 Å². The van der Waals surface area contributed by atoms with Gasteiger partial charge in [0.05, 0.1) is 0 Å². The number of pyridine rings is 1. The van der Waals surface area contributed by atoms with E-state index in [9.17, 15) is 13.2 Å². The van der Waals surface area contributed by atoms with E-state index in [2.05, 4.69) is 4.98 Å². The van der Waals surface area contributed by atoms with Gasteiger partial charge in [0.2, 0.25) is 0 Å². The summed E-state index contributed by atoms with van der Waals surface area (Å²) >= 11 is -1.64. The molecule has 0 saturated carbocycles. The Morgan fingerprint density at radius 3 is 2.36 bits per heavy atom. The fraction of sp³-hybridized carbons (Fsp3) is 0.375. The molecule has 2 nitrogen and oxygen atoms in total. The number of nitrogen functional groups attached to an aromatic ring is 1. The van der Waals surface area contributed by atoms with E-state index in [1.54, 1.807) is 11.4 Å². The zero-order valence-corrected chi connectivity index (χ0v) is 9.64. The Morgan fingerprint density at radius 2 is 1.93 bits per heavy atom. The number of nitrogens with two attached hydrogens (primary N) is 1. The second-order valence-corrected chi connectivity index (χ2v) is 7.67. The van der Waals surface area contributed by atoms with Crippen molar-refractivity contribution in [3.63, 3.8) is 0 Å². The fourth-order valence-electron chi connectivity index (χ4n) is 1.04. The molecule has 0 amide bonds. The molecule has 0 unspecified atom stereocenters. The minimum absolute atomic E-state index is 0.0527. The van der Waals surface area contributed by atoms with Crippen LogP contribution in [0, 0.1) is 0 Å². The maximum absolute atomic E-state index is 12.5. The average Bonchev–Trinajstić information content (AvgIpc) is 2.01. The molecule has 2 N–H and O–H groups in total. The van der Waals surface area contributed by atoms with Gasteiger partial charge < -0.3 is 0 Å². The summed E-state index contributed by atoms with van der Waals surface area (Å²) in [4.78, 5) is 3.76.